The molecule has 1 aliphatic heterocycles. The third-order valence-electron chi connectivity index (χ3n) is 3.31. The van der Waals surface area contributed by atoms with Gasteiger partial charge in [0.15, 0.2) is 0 Å². The number of halogens is 2. The first-order chi connectivity index (χ1) is 10.8. The summed E-state index contributed by atoms with van der Waals surface area (Å²) in [6, 6.07) is 10.1. The summed E-state index contributed by atoms with van der Waals surface area (Å²) >= 11 is 7.60. The second-order valence-corrected chi connectivity index (χ2v) is 6.53. The van der Waals surface area contributed by atoms with Gasteiger partial charge in [-0.25, -0.2) is 0 Å². The molecule has 2 aromatic rings. The highest BCUT2D eigenvalue weighted by molar-refractivity contribution is 7.19. The highest BCUT2D eigenvalue weighted by Crippen LogP contribution is 2.33. The summed E-state index contributed by atoms with van der Waals surface area (Å²) in [7, 11) is 1.66. The molecule has 0 radical (unpaired) electrons. The standard InChI is InChI=1S/C16H17ClN2O2S.ClH/c1-20-8-9-21-13-3-2-11(14-4-5-15(17)22-14)10-12(13)16-18-6-7-19-16;/h2-5,10H,6-9H2,1H3,(H,18,19);1H. The Labute approximate surface area is 150 Å². The molecule has 7 heteroatoms. The number of nitrogens with zero attached hydrogens (tertiary/aromatic N) is 1. The third-order valence-corrected chi connectivity index (χ3v) is 4.59. The first kappa shape index (κ1) is 18.1. The number of aliphatic imine (C=N–C) groups is 1. The number of methoxy groups -OCH3 is 1. The Hall–Kier alpha value is -1.27. The Morgan fingerprint density at radius 2 is 2.13 bits per heavy atom. The van der Waals surface area contributed by atoms with Gasteiger partial charge in [0.05, 0.1) is 23.1 Å². The minimum Gasteiger partial charge on any atom is -0.490 e. The van der Waals surface area contributed by atoms with Crippen molar-refractivity contribution in [2.45, 2.75) is 0 Å². The molecule has 0 saturated carbocycles. The Morgan fingerprint density at radius 1 is 1.26 bits per heavy atom. The molecule has 3 rings (SSSR count). The van der Waals surface area contributed by atoms with Gasteiger partial charge in [-0.05, 0) is 35.9 Å². The van der Waals surface area contributed by atoms with Crippen molar-refractivity contribution >= 4 is 41.2 Å². The van der Waals surface area contributed by atoms with Gasteiger partial charge in [0.25, 0.3) is 0 Å². The van der Waals surface area contributed by atoms with Crippen LogP contribution in [-0.4, -0.2) is 39.2 Å². The van der Waals surface area contributed by atoms with Crippen LogP contribution < -0.4 is 10.1 Å². The quantitative estimate of drug-likeness (QED) is 0.782. The van der Waals surface area contributed by atoms with E-state index in [4.69, 9.17) is 21.1 Å². The van der Waals surface area contributed by atoms with E-state index in [1.54, 1.807) is 18.4 Å². The van der Waals surface area contributed by atoms with Gasteiger partial charge in [-0.1, -0.05) is 11.6 Å². The molecule has 124 valence electrons. The molecule has 0 fully saturated rings. The van der Waals surface area contributed by atoms with Crippen LogP contribution in [0.3, 0.4) is 0 Å². The minimum atomic E-state index is 0. The summed E-state index contributed by atoms with van der Waals surface area (Å²) in [6.45, 7) is 2.73. The fourth-order valence-electron chi connectivity index (χ4n) is 2.28. The van der Waals surface area contributed by atoms with E-state index in [1.165, 1.54) is 0 Å². The number of hydrogen-bond acceptors (Lipinski definition) is 5. The largest absolute Gasteiger partial charge is 0.490 e. The van der Waals surface area contributed by atoms with Gasteiger partial charge in [-0.15, -0.1) is 23.7 Å². The number of thiophene rings is 1. The fraction of sp³-hybridized carbons (Fsp3) is 0.312. The van der Waals surface area contributed by atoms with Crippen LogP contribution >= 0.6 is 35.3 Å². The summed E-state index contributed by atoms with van der Waals surface area (Å²) in [5, 5.41) is 3.30. The van der Waals surface area contributed by atoms with Crippen molar-refractivity contribution in [2.24, 2.45) is 4.99 Å². The van der Waals surface area contributed by atoms with Crippen LogP contribution in [-0.2, 0) is 4.74 Å². The average molecular weight is 373 g/mol. The monoisotopic (exact) mass is 372 g/mol. The highest BCUT2D eigenvalue weighted by Gasteiger charge is 2.15. The van der Waals surface area contributed by atoms with Crippen LogP contribution in [0, 0.1) is 0 Å². The normalized spacial score (nSPS) is 13.2. The zero-order chi connectivity index (χ0) is 15.4. The second-order valence-electron chi connectivity index (χ2n) is 4.81. The van der Waals surface area contributed by atoms with E-state index in [1.807, 2.05) is 24.3 Å². The van der Waals surface area contributed by atoms with E-state index in [-0.39, 0.29) is 12.4 Å². The van der Waals surface area contributed by atoms with Crippen LogP contribution in [0.4, 0.5) is 0 Å². The predicted octanol–water partition coefficient (Wildman–Crippen LogP) is 3.87. The van der Waals surface area contributed by atoms with Gasteiger partial charge in [-0.2, -0.15) is 0 Å². The van der Waals surface area contributed by atoms with E-state index in [0.29, 0.717) is 13.2 Å². The molecule has 0 spiro atoms. The Morgan fingerprint density at radius 3 is 2.78 bits per heavy atom. The Bertz CT molecular complexity index is 688. The van der Waals surface area contributed by atoms with Crippen LogP contribution in [0.25, 0.3) is 10.4 Å². The second kappa shape index (κ2) is 8.55. The van der Waals surface area contributed by atoms with Crippen molar-refractivity contribution in [3.05, 3.63) is 40.2 Å². The molecule has 4 nitrogen and oxygen atoms in total. The summed E-state index contributed by atoms with van der Waals surface area (Å²) in [5.41, 5.74) is 2.10. The molecule has 23 heavy (non-hydrogen) atoms. The lowest BCUT2D eigenvalue weighted by Gasteiger charge is -2.13. The van der Waals surface area contributed by atoms with Gasteiger partial charge in [-0.3, -0.25) is 4.99 Å². The fourth-order valence-corrected chi connectivity index (χ4v) is 3.32. The molecule has 0 bridgehead atoms. The number of amidine groups is 1. The van der Waals surface area contributed by atoms with Crippen molar-refractivity contribution in [3.63, 3.8) is 0 Å². The lowest BCUT2D eigenvalue weighted by molar-refractivity contribution is 0.146. The van der Waals surface area contributed by atoms with E-state index in [0.717, 1.165) is 45.0 Å². The Kier molecular flexibility index (Phi) is 6.72. The lowest BCUT2D eigenvalue weighted by atomic mass is 10.1. The molecular weight excluding hydrogens is 355 g/mol. The average Bonchev–Trinajstić information content (AvgIpc) is 3.19. The van der Waals surface area contributed by atoms with E-state index in [9.17, 15) is 0 Å². The number of ether oxygens (including phenoxy) is 2. The number of benzene rings is 1. The SMILES string of the molecule is COCCOc1ccc(-c2ccc(Cl)s2)cc1C1=NCCN1.Cl. The maximum atomic E-state index is 6.04. The highest BCUT2D eigenvalue weighted by atomic mass is 35.5. The summed E-state index contributed by atoms with van der Waals surface area (Å²) < 4.78 is 11.6. The molecule has 1 aliphatic rings. The van der Waals surface area contributed by atoms with Crippen molar-refractivity contribution in [2.75, 3.05) is 33.4 Å². The topological polar surface area (TPSA) is 42.9 Å². The zero-order valence-corrected chi connectivity index (χ0v) is 15.1. The number of hydrogen-bond donors (Lipinski definition) is 1. The first-order valence-electron chi connectivity index (χ1n) is 7.08. The smallest absolute Gasteiger partial charge is 0.132 e. The predicted molar refractivity (Wildman–Crippen MR) is 98.8 cm³/mol. The number of nitrogens with one attached hydrogen (secondary N) is 1. The molecule has 1 aromatic heterocycles. The molecule has 1 N–H and O–H groups in total. The summed E-state index contributed by atoms with van der Waals surface area (Å²) in [6.07, 6.45) is 0. The zero-order valence-electron chi connectivity index (χ0n) is 12.7. The molecule has 2 heterocycles. The van der Waals surface area contributed by atoms with Crippen molar-refractivity contribution in [1.29, 1.82) is 0 Å². The van der Waals surface area contributed by atoms with Gasteiger partial charge in [0.1, 0.15) is 18.2 Å². The van der Waals surface area contributed by atoms with Crippen molar-refractivity contribution < 1.29 is 9.47 Å². The Balaban J connectivity index is 0.00000192. The van der Waals surface area contributed by atoms with E-state index >= 15 is 0 Å². The number of rotatable bonds is 6. The lowest BCUT2D eigenvalue weighted by Crippen LogP contribution is -2.20. The third kappa shape index (κ3) is 4.38. The molecule has 0 saturated heterocycles. The molecule has 0 amide bonds. The first-order valence-corrected chi connectivity index (χ1v) is 8.27. The van der Waals surface area contributed by atoms with Gasteiger partial charge in [0, 0.05) is 18.5 Å². The molecular formula is C16H18Cl2N2O2S. The van der Waals surface area contributed by atoms with Crippen LogP contribution in [0.1, 0.15) is 5.56 Å². The summed E-state index contributed by atoms with van der Waals surface area (Å²) in [4.78, 5) is 5.64. The maximum absolute atomic E-state index is 6.04. The molecule has 0 unspecified atom stereocenters. The maximum Gasteiger partial charge on any atom is 0.132 e. The van der Waals surface area contributed by atoms with Gasteiger partial charge in [0.2, 0.25) is 0 Å². The molecule has 1 aromatic carbocycles. The van der Waals surface area contributed by atoms with Gasteiger partial charge < -0.3 is 14.8 Å². The van der Waals surface area contributed by atoms with Crippen molar-refractivity contribution in [1.82, 2.24) is 5.32 Å². The minimum absolute atomic E-state index is 0. The van der Waals surface area contributed by atoms with Crippen LogP contribution in [0.2, 0.25) is 4.34 Å². The molecule has 0 atom stereocenters. The van der Waals surface area contributed by atoms with Gasteiger partial charge >= 0.3 is 0 Å². The van der Waals surface area contributed by atoms with E-state index in [2.05, 4.69) is 16.4 Å². The van der Waals surface area contributed by atoms with E-state index < -0.39 is 0 Å². The molecule has 0 aliphatic carbocycles. The van der Waals surface area contributed by atoms with Crippen molar-refractivity contribution in [3.8, 4) is 16.2 Å². The van der Waals surface area contributed by atoms with Crippen LogP contribution in [0.5, 0.6) is 5.75 Å². The summed E-state index contributed by atoms with van der Waals surface area (Å²) in [5.74, 6) is 1.70. The van der Waals surface area contributed by atoms with Crippen LogP contribution in [0.15, 0.2) is 35.3 Å².